The first-order valence-electron chi connectivity index (χ1n) is 5.54. The molecule has 0 fully saturated rings. The van der Waals surface area contributed by atoms with Crippen molar-refractivity contribution in [2.75, 3.05) is 11.9 Å². The predicted molar refractivity (Wildman–Crippen MR) is 64.8 cm³/mol. The minimum atomic E-state index is -0.398. The van der Waals surface area contributed by atoms with E-state index in [0.29, 0.717) is 6.54 Å². The first-order valence-corrected chi connectivity index (χ1v) is 5.54. The van der Waals surface area contributed by atoms with E-state index in [9.17, 15) is 10.1 Å². The summed E-state index contributed by atoms with van der Waals surface area (Å²) < 4.78 is 5.40. The van der Waals surface area contributed by atoms with E-state index in [-0.39, 0.29) is 11.8 Å². The Hall–Kier alpha value is -2.04. The summed E-state index contributed by atoms with van der Waals surface area (Å²) in [6.45, 7) is 0.658. The molecule has 0 radical (unpaired) electrons. The van der Waals surface area contributed by atoms with Gasteiger partial charge in [0.1, 0.15) is 6.10 Å². The molecule has 5 heteroatoms. The summed E-state index contributed by atoms with van der Waals surface area (Å²) in [6, 6.07) is 6.48. The van der Waals surface area contributed by atoms with Crippen LogP contribution in [0.4, 0.5) is 11.4 Å². The Kier molecular flexibility index (Phi) is 3.59. The molecular weight excluding hydrogens is 220 g/mol. The van der Waals surface area contributed by atoms with E-state index in [1.54, 1.807) is 12.3 Å². The second kappa shape index (κ2) is 5.34. The van der Waals surface area contributed by atoms with E-state index < -0.39 is 4.92 Å². The van der Waals surface area contributed by atoms with E-state index in [1.165, 1.54) is 12.1 Å². The van der Waals surface area contributed by atoms with Crippen LogP contribution < -0.4 is 5.32 Å². The van der Waals surface area contributed by atoms with Gasteiger partial charge in [-0.2, -0.15) is 0 Å². The number of nitro groups is 1. The lowest BCUT2D eigenvalue weighted by Gasteiger charge is -2.20. The summed E-state index contributed by atoms with van der Waals surface area (Å²) in [4.78, 5) is 10.2. The fourth-order valence-corrected chi connectivity index (χ4v) is 1.70. The molecule has 17 heavy (non-hydrogen) atoms. The number of hydrogen-bond acceptors (Lipinski definition) is 4. The van der Waals surface area contributed by atoms with Gasteiger partial charge >= 0.3 is 0 Å². The molecule has 1 aromatic carbocycles. The molecule has 1 aliphatic rings. The molecule has 1 aliphatic heterocycles. The largest absolute Gasteiger partial charge is 0.497 e. The Bertz CT molecular complexity index is 432. The first-order chi connectivity index (χ1) is 8.25. The fraction of sp³-hybridized carbons (Fsp3) is 0.333. The lowest BCUT2D eigenvalue weighted by Crippen LogP contribution is -2.22. The Labute approximate surface area is 99.2 Å². The van der Waals surface area contributed by atoms with Crippen LogP contribution in [0.2, 0.25) is 0 Å². The molecule has 90 valence electrons. The summed E-state index contributed by atoms with van der Waals surface area (Å²) >= 11 is 0. The van der Waals surface area contributed by atoms with Crippen molar-refractivity contribution in [1.82, 2.24) is 0 Å². The highest BCUT2D eigenvalue weighted by Crippen LogP contribution is 2.18. The lowest BCUT2D eigenvalue weighted by atomic mass is 10.1. The monoisotopic (exact) mass is 234 g/mol. The van der Waals surface area contributed by atoms with Crippen LogP contribution >= 0.6 is 0 Å². The van der Waals surface area contributed by atoms with E-state index in [1.807, 2.05) is 12.1 Å². The van der Waals surface area contributed by atoms with Gasteiger partial charge in [-0.05, 0) is 25.0 Å². The molecule has 2 rings (SSSR count). The minimum absolute atomic E-state index is 0.0967. The molecule has 0 aliphatic carbocycles. The van der Waals surface area contributed by atoms with E-state index in [2.05, 4.69) is 5.32 Å². The SMILES string of the molecule is O=[N+]([O-])c1cccc(NCC2CCC=CO2)c1. The number of hydrogen-bond donors (Lipinski definition) is 1. The van der Waals surface area contributed by atoms with Crippen LogP contribution in [0.25, 0.3) is 0 Å². The Morgan fingerprint density at radius 3 is 3.12 bits per heavy atom. The fourth-order valence-electron chi connectivity index (χ4n) is 1.70. The summed E-state index contributed by atoms with van der Waals surface area (Å²) in [5.74, 6) is 0. The summed E-state index contributed by atoms with van der Waals surface area (Å²) in [6.07, 6.45) is 5.83. The van der Waals surface area contributed by atoms with Crippen LogP contribution in [0.15, 0.2) is 36.6 Å². The van der Waals surface area contributed by atoms with Crippen LogP contribution in [0.3, 0.4) is 0 Å². The number of allylic oxidation sites excluding steroid dienone is 1. The summed E-state index contributed by atoms with van der Waals surface area (Å²) in [5, 5.41) is 13.7. The zero-order valence-electron chi connectivity index (χ0n) is 9.33. The van der Waals surface area contributed by atoms with Crippen LogP contribution in [-0.2, 0) is 4.74 Å². The topological polar surface area (TPSA) is 64.4 Å². The number of ether oxygens (including phenoxy) is 1. The van der Waals surface area contributed by atoms with Crippen molar-refractivity contribution in [2.45, 2.75) is 18.9 Å². The number of non-ortho nitro benzene ring substituents is 1. The van der Waals surface area contributed by atoms with Crippen molar-refractivity contribution in [1.29, 1.82) is 0 Å². The molecule has 0 aromatic heterocycles. The average Bonchev–Trinajstić information content (AvgIpc) is 2.38. The van der Waals surface area contributed by atoms with Gasteiger partial charge in [-0.25, -0.2) is 0 Å². The molecule has 1 heterocycles. The molecule has 1 atom stereocenters. The van der Waals surface area contributed by atoms with Gasteiger partial charge in [0.15, 0.2) is 0 Å². The van der Waals surface area contributed by atoms with Gasteiger partial charge in [-0.15, -0.1) is 0 Å². The number of rotatable bonds is 4. The number of anilines is 1. The lowest BCUT2D eigenvalue weighted by molar-refractivity contribution is -0.384. The zero-order valence-corrected chi connectivity index (χ0v) is 9.33. The third kappa shape index (κ3) is 3.21. The quantitative estimate of drug-likeness (QED) is 0.642. The van der Waals surface area contributed by atoms with Crippen molar-refractivity contribution in [3.05, 3.63) is 46.7 Å². The average molecular weight is 234 g/mol. The number of nitrogens with one attached hydrogen (secondary N) is 1. The Balaban J connectivity index is 1.92. The summed E-state index contributed by atoms with van der Waals surface area (Å²) in [7, 11) is 0. The first kappa shape index (κ1) is 11.4. The molecule has 0 spiro atoms. The van der Waals surface area contributed by atoms with Crippen molar-refractivity contribution in [3.63, 3.8) is 0 Å². The molecule has 0 bridgehead atoms. The molecule has 0 amide bonds. The smallest absolute Gasteiger partial charge is 0.271 e. The number of nitrogens with zero attached hydrogens (tertiary/aromatic N) is 1. The van der Waals surface area contributed by atoms with Crippen LogP contribution in [-0.4, -0.2) is 17.6 Å². The molecule has 1 aromatic rings. The van der Waals surface area contributed by atoms with Crippen LogP contribution in [0.1, 0.15) is 12.8 Å². The highest BCUT2D eigenvalue weighted by Gasteiger charge is 2.11. The standard InChI is InChI=1S/C12H14N2O3/c15-14(16)11-5-3-4-10(8-11)13-9-12-6-1-2-7-17-12/h2-5,7-8,12-13H,1,6,9H2. The van der Waals surface area contributed by atoms with Gasteiger partial charge in [0.2, 0.25) is 0 Å². The van der Waals surface area contributed by atoms with Gasteiger partial charge in [0, 0.05) is 17.8 Å². The van der Waals surface area contributed by atoms with E-state index >= 15 is 0 Å². The predicted octanol–water partition coefficient (Wildman–Crippen LogP) is 2.70. The molecule has 5 nitrogen and oxygen atoms in total. The normalized spacial score (nSPS) is 18.5. The molecular formula is C12H14N2O3. The van der Waals surface area contributed by atoms with Crippen molar-refractivity contribution >= 4 is 11.4 Å². The summed E-state index contributed by atoms with van der Waals surface area (Å²) in [5.41, 5.74) is 0.844. The van der Waals surface area contributed by atoms with Crippen molar-refractivity contribution < 1.29 is 9.66 Å². The molecule has 0 saturated carbocycles. The van der Waals surface area contributed by atoms with Gasteiger partial charge in [-0.1, -0.05) is 6.07 Å². The molecule has 1 N–H and O–H groups in total. The van der Waals surface area contributed by atoms with Crippen LogP contribution in [0, 0.1) is 10.1 Å². The van der Waals surface area contributed by atoms with Gasteiger partial charge < -0.3 is 10.1 Å². The third-order valence-electron chi connectivity index (χ3n) is 2.61. The zero-order chi connectivity index (χ0) is 12.1. The van der Waals surface area contributed by atoms with E-state index in [4.69, 9.17) is 4.74 Å². The minimum Gasteiger partial charge on any atom is -0.497 e. The van der Waals surface area contributed by atoms with Gasteiger partial charge in [0.05, 0.1) is 17.7 Å². The molecule has 1 unspecified atom stereocenters. The van der Waals surface area contributed by atoms with Crippen LogP contribution in [0.5, 0.6) is 0 Å². The van der Waals surface area contributed by atoms with Gasteiger partial charge in [0.25, 0.3) is 5.69 Å². The maximum atomic E-state index is 10.6. The Morgan fingerprint density at radius 2 is 2.41 bits per heavy atom. The second-order valence-corrected chi connectivity index (χ2v) is 3.90. The highest BCUT2D eigenvalue weighted by atomic mass is 16.6. The van der Waals surface area contributed by atoms with Gasteiger partial charge in [-0.3, -0.25) is 10.1 Å². The van der Waals surface area contributed by atoms with Crippen molar-refractivity contribution in [3.8, 4) is 0 Å². The Morgan fingerprint density at radius 1 is 1.53 bits per heavy atom. The maximum Gasteiger partial charge on any atom is 0.271 e. The highest BCUT2D eigenvalue weighted by molar-refractivity contribution is 5.50. The number of nitro benzene ring substituents is 1. The second-order valence-electron chi connectivity index (χ2n) is 3.90. The maximum absolute atomic E-state index is 10.6. The third-order valence-corrected chi connectivity index (χ3v) is 2.61. The number of benzene rings is 1. The van der Waals surface area contributed by atoms with Crippen molar-refractivity contribution in [2.24, 2.45) is 0 Å². The molecule has 0 saturated heterocycles. The van der Waals surface area contributed by atoms with E-state index in [0.717, 1.165) is 18.5 Å².